The number of hydrazine groups is 2. The van der Waals surface area contributed by atoms with E-state index in [0.29, 0.717) is 69.0 Å². The molecule has 2 unspecified atom stereocenters. The van der Waals surface area contributed by atoms with Crippen LogP contribution in [0.1, 0.15) is 127 Å². The van der Waals surface area contributed by atoms with E-state index in [2.05, 4.69) is 53.0 Å². The number of hydrazone groups is 1. The van der Waals surface area contributed by atoms with Gasteiger partial charge in [-0.3, -0.25) is 46.5 Å². The van der Waals surface area contributed by atoms with Crippen LogP contribution in [0.15, 0.2) is 164 Å². The Morgan fingerprint density at radius 3 is 1.64 bits per heavy atom. The van der Waals surface area contributed by atoms with Crippen LogP contribution in [0.4, 0.5) is 0 Å². The van der Waals surface area contributed by atoms with Gasteiger partial charge in [0.15, 0.2) is 23.3 Å². The van der Waals surface area contributed by atoms with Gasteiger partial charge < -0.3 is 33.5 Å². The first-order chi connectivity index (χ1) is 41.4. The maximum Gasteiger partial charge on any atom is 0.300 e. The second-order valence-electron chi connectivity index (χ2n) is 19.6. The fourth-order valence-corrected chi connectivity index (χ4v) is 9.04. The van der Waals surface area contributed by atoms with Crippen LogP contribution >= 0.6 is 0 Å². The van der Waals surface area contributed by atoms with E-state index in [4.69, 9.17) is 60.4 Å². The molecule has 9 rings (SSSR count). The predicted molar refractivity (Wildman–Crippen MR) is 338 cm³/mol. The summed E-state index contributed by atoms with van der Waals surface area (Å²) < 4.78 is 1.68. The van der Waals surface area contributed by atoms with Gasteiger partial charge in [-0.05, 0) is 113 Å². The number of carboxylic acids is 1. The Kier molecular flexibility index (Phi) is 33.1. The summed E-state index contributed by atoms with van der Waals surface area (Å²) in [5, 5.41) is 63.4. The fraction of sp³-hybridized carbons (Fsp3) is 0.350. The van der Waals surface area contributed by atoms with Crippen molar-refractivity contribution in [3.05, 3.63) is 166 Å². The molecule has 5 aromatic rings. The number of carbonyl (C=O) groups is 5. The number of nitrogens with one attached hydrogen (secondary N) is 4. The van der Waals surface area contributed by atoms with Crippen molar-refractivity contribution < 1.29 is 29.1 Å². The van der Waals surface area contributed by atoms with Gasteiger partial charge in [0.1, 0.15) is 17.3 Å². The van der Waals surface area contributed by atoms with E-state index in [-0.39, 0.29) is 56.2 Å². The molecule has 28 nitrogen and oxygen atoms in total. The lowest BCUT2D eigenvalue weighted by Crippen LogP contribution is -2.36. The number of ketones is 4. The van der Waals surface area contributed by atoms with Gasteiger partial charge in [0.2, 0.25) is 11.6 Å². The molecule has 0 spiro atoms. The smallest absolute Gasteiger partial charge is 0.300 e. The Labute approximate surface area is 512 Å². The number of allylic oxidation sites excluding steroid dienone is 2. The highest BCUT2D eigenvalue weighted by atomic mass is 16.4. The minimum absolute atomic E-state index is 0. The van der Waals surface area contributed by atoms with E-state index in [9.17, 15) is 19.2 Å². The first kappa shape index (κ1) is 73.9. The Hall–Kier alpha value is -10.2. The minimum atomic E-state index is -0.833. The third-order valence-electron chi connectivity index (χ3n) is 13.3. The van der Waals surface area contributed by atoms with Crippen LogP contribution < -0.4 is 40.5 Å². The molecule has 4 aromatic carbocycles. The first-order valence-electron chi connectivity index (χ1n) is 27.4. The monoisotopic (exact) mass is 1210 g/mol. The van der Waals surface area contributed by atoms with E-state index >= 15 is 0 Å². The highest BCUT2D eigenvalue weighted by molar-refractivity contribution is 6.46. The zero-order valence-corrected chi connectivity index (χ0v) is 48.0. The van der Waals surface area contributed by atoms with Crippen molar-refractivity contribution >= 4 is 63.7 Å². The van der Waals surface area contributed by atoms with Crippen LogP contribution in [0.5, 0.6) is 0 Å². The molecule has 470 valence electrons. The lowest BCUT2D eigenvalue weighted by molar-refractivity contribution is -0.134. The third kappa shape index (κ3) is 24.1. The van der Waals surface area contributed by atoms with Crippen LogP contribution in [0.25, 0.3) is 5.70 Å². The average Bonchev–Trinajstić information content (AvgIpc) is 4.18. The van der Waals surface area contributed by atoms with Gasteiger partial charge in [0, 0.05) is 31.2 Å². The van der Waals surface area contributed by atoms with E-state index in [0.717, 1.165) is 101 Å². The number of amidine groups is 3. The number of aromatic nitrogens is 4. The van der Waals surface area contributed by atoms with Crippen molar-refractivity contribution in [1.29, 1.82) is 21.8 Å². The van der Waals surface area contributed by atoms with E-state index in [1.807, 2.05) is 121 Å². The maximum absolute atomic E-state index is 12.1. The van der Waals surface area contributed by atoms with E-state index < -0.39 is 29.4 Å². The van der Waals surface area contributed by atoms with Crippen LogP contribution in [0.3, 0.4) is 0 Å². The largest absolute Gasteiger partial charge is 0.481 e. The van der Waals surface area contributed by atoms with Gasteiger partial charge >= 0.3 is 0 Å². The molecule has 4 aliphatic rings. The summed E-state index contributed by atoms with van der Waals surface area (Å²) in [5.74, 6) is 10.4. The number of Topliss-reactive ketones (excluding diaryl/α,β-unsaturated/α-hetero) is 4. The van der Waals surface area contributed by atoms with Crippen LogP contribution in [-0.2, 0) is 50.2 Å². The van der Waals surface area contributed by atoms with Crippen LogP contribution in [0, 0.1) is 33.6 Å². The number of benzene rings is 4. The molecule has 1 aromatic heterocycles. The lowest BCUT2D eigenvalue weighted by Gasteiger charge is -2.18. The quantitative estimate of drug-likeness (QED) is 0.0105. The topological polar surface area (TPSA) is 495 Å². The van der Waals surface area contributed by atoms with E-state index in [1.54, 1.807) is 4.68 Å². The van der Waals surface area contributed by atoms with Gasteiger partial charge in [-0.25, -0.2) is 20.7 Å². The third-order valence-corrected chi connectivity index (χ3v) is 13.3. The molecular weight excluding hydrogens is 1120 g/mol. The van der Waals surface area contributed by atoms with Crippen LogP contribution in [-0.4, -0.2) is 93.5 Å². The normalized spacial score (nSPS) is 16.4. The number of carboxylic acid groups (broad SMARTS) is 1. The summed E-state index contributed by atoms with van der Waals surface area (Å²) in [4.78, 5) is 56.2. The second kappa shape index (κ2) is 39.4. The number of hydrogen-bond acceptors (Lipinski definition) is 22. The standard InChI is InChI=1S/C14H16N6.C14H18N6.C14H16N4O2.C14H18N4O2.C2H4O2.2CH4.H4N2/c15-12-8-4-7-11(12)13(16)14-17-18-19-20(14)9-10-5-2-1-3-6-10;15-12-8-4-7-11(12)13(16)14(17)19-20-18-9-10-5-2-1-3-6-10;15-14(13(20)11-7-4-8-12(11)19)18(17-16)9-10-5-2-1-3-6-10;15-14(13(20)11-7-4-8-12(11)19)17-18(16)9-10-5-2-1-3-6-10;1-2(3)4;;;1-2/h1-3,5-6,15H,4,7-9,16H2;1-3,5-6,16H,4,7-9,15H2,(H2,17,18,19);1-3,5-6,11,15-16H,4,7-9H2;1-3,5-6,11H,4,7-9,16H2,(H2,15,17);1H3,(H,3,4);2*1H4;1-2H2. The molecule has 1 heterocycles. The van der Waals surface area contributed by atoms with Gasteiger partial charge in [0.05, 0.1) is 43.7 Å². The summed E-state index contributed by atoms with van der Waals surface area (Å²) >= 11 is 0. The molecule has 0 bridgehead atoms. The molecular formula is C60H84N22O6. The minimum Gasteiger partial charge on any atom is -0.481 e. The lowest BCUT2D eigenvalue weighted by atomic mass is 10.0. The summed E-state index contributed by atoms with van der Waals surface area (Å²) in [6, 6.07) is 38.4. The Bertz CT molecular complexity index is 3250. The zero-order valence-electron chi connectivity index (χ0n) is 48.0. The molecule has 0 radical (unpaired) electrons. The van der Waals surface area contributed by atoms with Gasteiger partial charge in [-0.1, -0.05) is 141 Å². The number of tetrazole rings is 1. The average molecular weight is 1210 g/mol. The molecule has 0 saturated heterocycles. The molecule has 2 atom stereocenters. The molecule has 88 heavy (non-hydrogen) atoms. The molecule has 0 amide bonds. The predicted octanol–water partition coefficient (Wildman–Crippen LogP) is 7.03. The van der Waals surface area contributed by atoms with Crippen molar-refractivity contribution in [2.45, 2.75) is 125 Å². The summed E-state index contributed by atoms with van der Waals surface area (Å²) in [7, 11) is 0. The van der Waals surface area contributed by atoms with Gasteiger partial charge in [-0.15, -0.1) is 15.3 Å². The summed E-state index contributed by atoms with van der Waals surface area (Å²) in [5.41, 5.74) is 38.1. The highest BCUT2D eigenvalue weighted by Crippen LogP contribution is 2.27. The Morgan fingerprint density at radius 2 is 1.17 bits per heavy atom. The Balaban J connectivity index is 0.000000385. The van der Waals surface area contributed by atoms with E-state index in [1.165, 1.54) is 0 Å². The number of carbonyl (C=O) groups excluding carboxylic acids is 4. The van der Waals surface area contributed by atoms with Crippen molar-refractivity contribution in [3.8, 4) is 0 Å². The number of rotatable bonds is 18. The van der Waals surface area contributed by atoms with Gasteiger partial charge in [-0.2, -0.15) is 10.6 Å². The van der Waals surface area contributed by atoms with Crippen molar-refractivity contribution in [2.24, 2.45) is 78.1 Å². The second-order valence-corrected chi connectivity index (χ2v) is 19.6. The molecule has 0 aliphatic heterocycles. The van der Waals surface area contributed by atoms with Crippen molar-refractivity contribution in [3.63, 3.8) is 0 Å². The molecule has 19 N–H and O–H groups in total. The summed E-state index contributed by atoms with van der Waals surface area (Å²) in [6.07, 6.45) is 8.50. The number of nitrogens with zero attached hydrogens (tertiary/aromatic N) is 11. The van der Waals surface area contributed by atoms with Crippen molar-refractivity contribution in [2.75, 3.05) is 0 Å². The highest BCUT2D eigenvalue weighted by Gasteiger charge is 2.35. The molecule has 28 heteroatoms. The number of aliphatic carboxylic acids is 1. The SMILES string of the molecule is C.C.CC(=O)O.N/C(=N\N(N)Cc1ccccc1)C(=O)C1CCCC1=O.N=C(C(N)=NN=NCc1ccccc1)C1=C(N)CCC1.N=C1CCCC1=C(N)c1nnnn1Cc1ccccc1.N=NN(Cc1ccccc1)C(=N)C(=O)C1CCCC1=O.NN. The first-order valence-corrected chi connectivity index (χ1v) is 27.4. The molecule has 3 fully saturated rings. The van der Waals surface area contributed by atoms with Crippen molar-refractivity contribution in [1.82, 2.24) is 30.3 Å². The zero-order chi connectivity index (χ0) is 63.0. The number of nitrogens with two attached hydrogens (primary N) is 7. The van der Waals surface area contributed by atoms with Gasteiger partial charge in [0.25, 0.3) is 5.97 Å². The van der Waals surface area contributed by atoms with Crippen LogP contribution in [0.2, 0.25) is 0 Å². The Morgan fingerprint density at radius 1 is 0.682 bits per heavy atom. The molecule has 3 saturated carbocycles. The summed E-state index contributed by atoms with van der Waals surface area (Å²) in [6.45, 7) is 2.61. The maximum atomic E-state index is 12.1. The fourth-order valence-electron chi connectivity index (χ4n) is 9.04. The molecule has 4 aliphatic carbocycles. The number of hydrogen-bond donors (Lipinski definition) is 12.